The van der Waals surface area contributed by atoms with Gasteiger partial charge in [0.1, 0.15) is 0 Å². The largest absolute Gasteiger partial charge is 0.352 e. The van der Waals surface area contributed by atoms with E-state index in [2.05, 4.69) is 31.0 Å². The normalized spacial score (nSPS) is 22.4. The fraction of sp³-hybridized carbons (Fsp3) is 0.667. The summed E-state index contributed by atoms with van der Waals surface area (Å²) in [6, 6.07) is 4.97. The maximum Gasteiger partial charge on any atom is 0.251 e. The molecule has 1 spiro atoms. The van der Waals surface area contributed by atoms with Gasteiger partial charge >= 0.3 is 0 Å². The lowest BCUT2D eigenvalue weighted by molar-refractivity contribution is 0.0946. The Bertz CT molecular complexity index is 640. The second kappa shape index (κ2) is 7.69. The van der Waals surface area contributed by atoms with Gasteiger partial charge in [-0.15, -0.1) is 0 Å². The summed E-state index contributed by atoms with van der Waals surface area (Å²) in [6.45, 7) is 11.3. The Morgan fingerprint density at radius 2 is 1.81 bits per heavy atom. The van der Waals surface area contributed by atoms with Crippen molar-refractivity contribution in [3.63, 3.8) is 0 Å². The Morgan fingerprint density at radius 3 is 2.38 bits per heavy atom. The number of amides is 1. The Balaban J connectivity index is 1.43. The fourth-order valence-corrected chi connectivity index (χ4v) is 4.58. The van der Waals surface area contributed by atoms with E-state index in [9.17, 15) is 4.79 Å². The highest BCUT2D eigenvalue weighted by atomic mass is 35.5. The van der Waals surface area contributed by atoms with E-state index in [1.807, 2.05) is 0 Å². The Morgan fingerprint density at radius 1 is 1.19 bits per heavy atom. The maximum atomic E-state index is 12.3. The maximum absolute atomic E-state index is 12.3. The number of nitrogens with one attached hydrogen (secondary N) is 1. The fourth-order valence-electron chi connectivity index (χ4n) is 4.05. The number of piperidine rings is 1. The molecule has 0 bridgehead atoms. The van der Waals surface area contributed by atoms with Gasteiger partial charge in [0.2, 0.25) is 0 Å². The molecule has 1 amide bonds. The number of nitrogens with zero attached hydrogens (tertiary/aromatic N) is 1. The van der Waals surface area contributed by atoms with E-state index < -0.39 is 0 Å². The van der Waals surface area contributed by atoms with Gasteiger partial charge in [0.15, 0.2) is 0 Å². The molecule has 1 aliphatic carbocycles. The average Bonchev–Trinajstić information content (AvgIpc) is 3.22. The third kappa shape index (κ3) is 5.15. The smallest absolute Gasteiger partial charge is 0.251 e. The van der Waals surface area contributed by atoms with Crippen LogP contribution in [0.4, 0.5) is 0 Å². The summed E-state index contributed by atoms with van der Waals surface area (Å²) >= 11 is 12.0. The van der Waals surface area contributed by atoms with Gasteiger partial charge in [-0.3, -0.25) is 4.79 Å². The first-order chi connectivity index (χ1) is 12.2. The molecule has 2 aliphatic rings. The zero-order valence-corrected chi connectivity index (χ0v) is 17.6. The summed E-state index contributed by atoms with van der Waals surface area (Å²) in [4.78, 5) is 15.0. The summed E-state index contributed by atoms with van der Waals surface area (Å²) < 4.78 is 0. The van der Waals surface area contributed by atoms with Crippen molar-refractivity contribution in [2.75, 3.05) is 26.2 Å². The van der Waals surface area contributed by atoms with Crippen molar-refractivity contribution >= 4 is 29.1 Å². The third-order valence-corrected chi connectivity index (χ3v) is 6.46. The molecule has 1 unspecified atom stereocenters. The molecule has 1 saturated carbocycles. The number of likely N-dealkylation sites (tertiary alicyclic amines) is 1. The van der Waals surface area contributed by atoms with E-state index in [4.69, 9.17) is 23.2 Å². The van der Waals surface area contributed by atoms with Crippen LogP contribution in [0.3, 0.4) is 0 Å². The molecule has 1 aromatic rings. The summed E-state index contributed by atoms with van der Waals surface area (Å²) in [5.74, 6) is 0.532. The van der Waals surface area contributed by atoms with Crippen LogP contribution in [0.2, 0.25) is 10.0 Å². The van der Waals surface area contributed by atoms with E-state index in [1.165, 1.54) is 45.3 Å². The van der Waals surface area contributed by atoms with Crippen molar-refractivity contribution in [1.29, 1.82) is 0 Å². The SMILES string of the molecule is CC(C)(C)CCN1CCC2(CC1)CC2CNC(=O)c1cc(Cl)cc(Cl)c1. The first-order valence-corrected chi connectivity index (χ1v) is 10.4. The summed E-state index contributed by atoms with van der Waals surface area (Å²) in [5.41, 5.74) is 1.41. The number of rotatable bonds is 5. The van der Waals surface area contributed by atoms with Crippen molar-refractivity contribution in [3.8, 4) is 0 Å². The second-order valence-electron chi connectivity index (χ2n) is 9.28. The second-order valence-corrected chi connectivity index (χ2v) is 10.2. The molecule has 1 atom stereocenters. The molecule has 1 aromatic carbocycles. The van der Waals surface area contributed by atoms with Crippen LogP contribution >= 0.6 is 23.2 Å². The lowest BCUT2D eigenvalue weighted by Crippen LogP contribution is -2.38. The van der Waals surface area contributed by atoms with Crippen LogP contribution in [0.15, 0.2) is 18.2 Å². The molecule has 1 N–H and O–H groups in total. The zero-order chi connectivity index (χ0) is 18.9. The van der Waals surface area contributed by atoms with E-state index in [-0.39, 0.29) is 5.91 Å². The predicted octanol–water partition coefficient (Wildman–Crippen LogP) is 5.26. The molecule has 1 saturated heterocycles. The molecule has 1 aliphatic heterocycles. The number of benzene rings is 1. The van der Waals surface area contributed by atoms with Gasteiger partial charge in [0.25, 0.3) is 5.91 Å². The quantitative estimate of drug-likeness (QED) is 0.735. The number of halogens is 2. The molecule has 3 rings (SSSR count). The van der Waals surface area contributed by atoms with Crippen LogP contribution in [-0.2, 0) is 0 Å². The predicted molar refractivity (Wildman–Crippen MR) is 109 cm³/mol. The van der Waals surface area contributed by atoms with Crippen LogP contribution in [0.25, 0.3) is 0 Å². The number of hydrogen-bond acceptors (Lipinski definition) is 2. The topological polar surface area (TPSA) is 32.3 Å². The summed E-state index contributed by atoms with van der Waals surface area (Å²) in [5, 5.41) is 4.06. The van der Waals surface area contributed by atoms with Gasteiger partial charge in [0.05, 0.1) is 0 Å². The van der Waals surface area contributed by atoms with Gasteiger partial charge in [-0.05, 0) is 80.3 Å². The first-order valence-electron chi connectivity index (χ1n) is 9.64. The minimum Gasteiger partial charge on any atom is -0.352 e. The molecular weight excluding hydrogens is 367 g/mol. The minimum absolute atomic E-state index is 0.0842. The first kappa shape index (κ1) is 20.0. The van der Waals surface area contributed by atoms with Gasteiger partial charge in [-0.2, -0.15) is 0 Å². The van der Waals surface area contributed by atoms with Crippen molar-refractivity contribution in [2.24, 2.45) is 16.7 Å². The van der Waals surface area contributed by atoms with Crippen LogP contribution in [0, 0.1) is 16.7 Å². The van der Waals surface area contributed by atoms with Crippen molar-refractivity contribution < 1.29 is 4.79 Å². The minimum atomic E-state index is -0.0842. The monoisotopic (exact) mass is 396 g/mol. The van der Waals surface area contributed by atoms with Gasteiger partial charge in [-0.25, -0.2) is 0 Å². The molecular formula is C21H30Cl2N2O. The number of carbonyl (C=O) groups is 1. The highest BCUT2D eigenvalue weighted by Crippen LogP contribution is 2.59. The van der Waals surface area contributed by atoms with Crippen LogP contribution in [0.5, 0.6) is 0 Å². The standard InChI is InChI=1S/C21H30Cl2N2O/c1-20(2,3)4-7-25-8-5-21(6-9-25)13-16(21)14-24-19(26)15-10-17(22)12-18(23)11-15/h10-12,16H,4-9,13-14H2,1-3H3,(H,24,26). The van der Waals surface area contributed by atoms with Crippen molar-refractivity contribution in [1.82, 2.24) is 10.2 Å². The molecule has 3 nitrogen and oxygen atoms in total. The molecule has 2 fully saturated rings. The molecule has 144 valence electrons. The van der Waals surface area contributed by atoms with E-state index in [0.717, 1.165) is 6.54 Å². The lowest BCUT2D eigenvalue weighted by atomic mass is 9.88. The van der Waals surface area contributed by atoms with Crippen LogP contribution < -0.4 is 5.32 Å². The van der Waals surface area contributed by atoms with Gasteiger partial charge < -0.3 is 10.2 Å². The van der Waals surface area contributed by atoms with Crippen molar-refractivity contribution in [3.05, 3.63) is 33.8 Å². The molecule has 1 heterocycles. The Kier molecular flexibility index (Phi) is 5.91. The Hall–Kier alpha value is -0.770. The average molecular weight is 397 g/mol. The Labute approximate surface area is 167 Å². The lowest BCUT2D eigenvalue weighted by Gasteiger charge is -2.34. The molecule has 0 radical (unpaired) electrons. The van der Waals surface area contributed by atoms with Crippen LogP contribution in [0.1, 0.15) is 56.8 Å². The highest BCUT2D eigenvalue weighted by Gasteiger charge is 2.54. The summed E-state index contributed by atoms with van der Waals surface area (Å²) in [7, 11) is 0. The molecule has 0 aromatic heterocycles. The van der Waals surface area contributed by atoms with E-state index in [0.29, 0.717) is 32.4 Å². The molecule has 26 heavy (non-hydrogen) atoms. The summed E-state index contributed by atoms with van der Waals surface area (Å²) in [6.07, 6.45) is 5.03. The van der Waals surface area contributed by atoms with E-state index in [1.54, 1.807) is 18.2 Å². The van der Waals surface area contributed by atoms with Crippen LogP contribution in [-0.4, -0.2) is 37.0 Å². The zero-order valence-electron chi connectivity index (χ0n) is 16.1. The van der Waals surface area contributed by atoms with Gasteiger partial charge in [0, 0.05) is 22.2 Å². The number of carbonyl (C=O) groups excluding carboxylic acids is 1. The molecule has 5 heteroatoms. The van der Waals surface area contributed by atoms with E-state index >= 15 is 0 Å². The number of hydrogen-bond donors (Lipinski definition) is 1. The van der Waals surface area contributed by atoms with Crippen molar-refractivity contribution in [2.45, 2.75) is 46.5 Å². The highest BCUT2D eigenvalue weighted by molar-refractivity contribution is 6.35. The van der Waals surface area contributed by atoms with Gasteiger partial charge in [-0.1, -0.05) is 44.0 Å². The third-order valence-electron chi connectivity index (χ3n) is 6.02.